The first-order chi connectivity index (χ1) is 11.2. The van der Waals surface area contributed by atoms with Gasteiger partial charge in [0, 0.05) is 12.4 Å². The van der Waals surface area contributed by atoms with Crippen LogP contribution in [0.5, 0.6) is 0 Å². The Morgan fingerprint density at radius 1 is 1.04 bits per heavy atom. The lowest BCUT2D eigenvalue weighted by Crippen LogP contribution is -2.03. The maximum atomic E-state index is 14.1. The van der Waals surface area contributed by atoms with Crippen LogP contribution in [0, 0.1) is 19.7 Å². The molecule has 0 spiro atoms. The molecule has 3 heterocycles. The molecule has 0 unspecified atom stereocenters. The second-order valence-electron chi connectivity index (χ2n) is 5.19. The van der Waals surface area contributed by atoms with E-state index in [2.05, 4.69) is 20.1 Å². The quantitative estimate of drug-likeness (QED) is 0.571. The number of nitrogens with zero attached hydrogens (tertiary/aromatic N) is 6. The standard InChI is InChI=1S/C16H13FN6/c1-10-14-15(22-8-7-18-11(22)2)19-9-20-16(14)23(21-10)13-6-4-3-5-12(13)17/h3-9H,1-2H3. The third-order valence-corrected chi connectivity index (χ3v) is 3.75. The van der Waals surface area contributed by atoms with E-state index in [1.54, 1.807) is 24.4 Å². The first kappa shape index (κ1) is 13.6. The summed E-state index contributed by atoms with van der Waals surface area (Å²) < 4.78 is 17.5. The molecule has 0 amide bonds. The molecule has 4 rings (SSSR count). The molecular weight excluding hydrogens is 295 g/mol. The molecule has 0 aliphatic heterocycles. The Morgan fingerprint density at radius 3 is 2.61 bits per heavy atom. The van der Waals surface area contributed by atoms with Crippen molar-refractivity contribution in [2.45, 2.75) is 13.8 Å². The number of fused-ring (bicyclic) bond motifs is 1. The monoisotopic (exact) mass is 308 g/mol. The fraction of sp³-hybridized carbons (Fsp3) is 0.125. The van der Waals surface area contributed by atoms with Gasteiger partial charge in [-0.25, -0.2) is 24.0 Å². The summed E-state index contributed by atoms with van der Waals surface area (Å²) in [5.41, 5.74) is 1.65. The van der Waals surface area contributed by atoms with Crippen LogP contribution in [-0.2, 0) is 0 Å². The van der Waals surface area contributed by atoms with Crippen molar-refractivity contribution in [3.05, 3.63) is 60.3 Å². The molecule has 6 nitrogen and oxygen atoms in total. The number of hydrogen-bond donors (Lipinski definition) is 0. The minimum atomic E-state index is -0.351. The molecule has 114 valence electrons. The zero-order valence-electron chi connectivity index (χ0n) is 12.6. The van der Waals surface area contributed by atoms with E-state index in [9.17, 15) is 4.39 Å². The molecule has 0 aliphatic rings. The lowest BCUT2D eigenvalue weighted by Gasteiger charge is -2.06. The number of hydrogen-bond acceptors (Lipinski definition) is 4. The maximum Gasteiger partial charge on any atom is 0.168 e. The van der Waals surface area contributed by atoms with E-state index in [1.165, 1.54) is 17.1 Å². The van der Waals surface area contributed by atoms with Gasteiger partial charge in [-0.05, 0) is 26.0 Å². The Balaban J connectivity index is 2.05. The topological polar surface area (TPSA) is 61.4 Å². The van der Waals surface area contributed by atoms with Crippen molar-refractivity contribution < 1.29 is 4.39 Å². The van der Waals surface area contributed by atoms with E-state index in [1.807, 2.05) is 24.6 Å². The summed E-state index contributed by atoms with van der Waals surface area (Å²) in [6.07, 6.45) is 4.99. The molecule has 0 saturated heterocycles. The molecule has 7 heteroatoms. The van der Waals surface area contributed by atoms with Crippen molar-refractivity contribution in [2.24, 2.45) is 0 Å². The van der Waals surface area contributed by atoms with Gasteiger partial charge in [0.05, 0.1) is 11.1 Å². The Kier molecular flexibility index (Phi) is 2.94. The summed E-state index contributed by atoms with van der Waals surface area (Å²) in [6.45, 7) is 3.75. The van der Waals surface area contributed by atoms with Crippen LogP contribution < -0.4 is 0 Å². The van der Waals surface area contributed by atoms with Gasteiger partial charge in [0.1, 0.15) is 23.7 Å². The van der Waals surface area contributed by atoms with E-state index < -0.39 is 0 Å². The molecule has 0 atom stereocenters. The van der Waals surface area contributed by atoms with Crippen molar-refractivity contribution in [3.63, 3.8) is 0 Å². The van der Waals surface area contributed by atoms with E-state index in [0.717, 1.165) is 16.9 Å². The van der Waals surface area contributed by atoms with Gasteiger partial charge >= 0.3 is 0 Å². The third-order valence-electron chi connectivity index (χ3n) is 3.75. The van der Waals surface area contributed by atoms with Crippen molar-refractivity contribution in [1.29, 1.82) is 0 Å². The molecule has 23 heavy (non-hydrogen) atoms. The summed E-state index contributed by atoms with van der Waals surface area (Å²) >= 11 is 0. The summed E-state index contributed by atoms with van der Waals surface area (Å²) in [6, 6.07) is 6.49. The number of para-hydroxylation sites is 1. The van der Waals surface area contributed by atoms with Crippen LogP contribution in [0.2, 0.25) is 0 Å². The molecular formula is C16H13FN6. The molecule has 0 fully saturated rings. The number of imidazole rings is 1. The number of halogens is 1. The average molecular weight is 308 g/mol. The van der Waals surface area contributed by atoms with E-state index in [4.69, 9.17) is 0 Å². The van der Waals surface area contributed by atoms with Gasteiger partial charge in [-0.15, -0.1) is 0 Å². The predicted octanol–water partition coefficient (Wildman–Crippen LogP) is 2.76. The molecule has 0 radical (unpaired) electrons. The van der Waals surface area contributed by atoms with Gasteiger partial charge in [-0.2, -0.15) is 5.10 Å². The van der Waals surface area contributed by atoms with E-state index >= 15 is 0 Å². The Bertz CT molecular complexity index is 1020. The van der Waals surface area contributed by atoms with Crippen molar-refractivity contribution >= 4 is 11.0 Å². The van der Waals surface area contributed by atoms with Crippen molar-refractivity contribution in [1.82, 2.24) is 29.3 Å². The van der Waals surface area contributed by atoms with Crippen LogP contribution in [0.1, 0.15) is 11.5 Å². The van der Waals surface area contributed by atoms with Gasteiger partial charge in [0.2, 0.25) is 0 Å². The fourth-order valence-electron chi connectivity index (χ4n) is 2.67. The van der Waals surface area contributed by atoms with Gasteiger partial charge < -0.3 is 0 Å². The average Bonchev–Trinajstić information content (AvgIpc) is 3.12. The van der Waals surface area contributed by atoms with Crippen molar-refractivity contribution in [3.8, 4) is 11.5 Å². The van der Waals surface area contributed by atoms with Gasteiger partial charge in [-0.1, -0.05) is 12.1 Å². The second kappa shape index (κ2) is 4.98. The highest BCUT2D eigenvalue weighted by molar-refractivity contribution is 5.86. The largest absolute Gasteiger partial charge is 0.287 e. The predicted molar refractivity (Wildman–Crippen MR) is 83.2 cm³/mol. The second-order valence-corrected chi connectivity index (χ2v) is 5.19. The minimum Gasteiger partial charge on any atom is -0.287 e. The smallest absolute Gasteiger partial charge is 0.168 e. The third kappa shape index (κ3) is 2.01. The highest BCUT2D eigenvalue weighted by Gasteiger charge is 2.18. The van der Waals surface area contributed by atoms with Crippen molar-refractivity contribution in [2.75, 3.05) is 0 Å². The Morgan fingerprint density at radius 2 is 1.87 bits per heavy atom. The van der Waals surface area contributed by atoms with Crippen LogP contribution in [0.15, 0.2) is 43.0 Å². The lowest BCUT2D eigenvalue weighted by atomic mass is 10.3. The first-order valence-corrected chi connectivity index (χ1v) is 7.12. The molecule has 1 aromatic carbocycles. The van der Waals surface area contributed by atoms with Gasteiger partial charge in [-0.3, -0.25) is 4.57 Å². The maximum absolute atomic E-state index is 14.1. The van der Waals surface area contributed by atoms with Crippen LogP contribution in [0.25, 0.3) is 22.5 Å². The van der Waals surface area contributed by atoms with Gasteiger partial charge in [0.25, 0.3) is 0 Å². The van der Waals surface area contributed by atoms with Crippen LogP contribution in [0.4, 0.5) is 4.39 Å². The van der Waals surface area contributed by atoms with E-state index in [-0.39, 0.29) is 5.82 Å². The number of rotatable bonds is 2. The molecule has 3 aromatic heterocycles. The SMILES string of the molecule is Cc1nn(-c2ccccc2F)c2ncnc(-n3ccnc3C)c12. The Labute approximate surface area is 131 Å². The van der Waals surface area contributed by atoms with Crippen LogP contribution in [0.3, 0.4) is 0 Å². The fourth-order valence-corrected chi connectivity index (χ4v) is 2.67. The summed E-state index contributed by atoms with van der Waals surface area (Å²) in [5.74, 6) is 1.14. The Hall–Kier alpha value is -3.09. The highest BCUT2D eigenvalue weighted by atomic mass is 19.1. The summed E-state index contributed by atoms with van der Waals surface area (Å²) in [5, 5.41) is 5.24. The molecule has 4 aromatic rings. The highest BCUT2D eigenvalue weighted by Crippen LogP contribution is 2.25. The number of aryl methyl sites for hydroxylation is 2. The molecule has 0 saturated carbocycles. The first-order valence-electron chi connectivity index (χ1n) is 7.12. The molecule has 0 bridgehead atoms. The normalized spacial score (nSPS) is 11.3. The zero-order valence-corrected chi connectivity index (χ0v) is 12.6. The van der Waals surface area contributed by atoms with E-state index in [0.29, 0.717) is 17.2 Å². The zero-order chi connectivity index (χ0) is 16.0. The van der Waals surface area contributed by atoms with Crippen LogP contribution >= 0.6 is 0 Å². The number of aromatic nitrogens is 6. The lowest BCUT2D eigenvalue weighted by molar-refractivity contribution is 0.612. The number of benzene rings is 1. The molecule has 0 N–H and O–H groups in total. The molecule has 0 aliphatic carbocycles. The minimum absolute atomic E-state index is 0.351. The summed E-state index contributed by atoms with van der Waals surface area (Å²) in [4.78, 5) is 12.9. The summed E-state index contributed by atoms with van der Waals surface area (Å²) in [7, 11) is 0. The van der Waals surface area contributed by atoms with Gasteiger partial charge in [0.15, 0.2) is 11.5 Å². The van der Waals surface area contributed by atoms with Crippen LogP contribution in [-0.4, -0.2) is 29.3 Å².